The zero-order valence-electron chi connectivity index (χ0n) is 22.7. The van der Waals surface area contributed by atoms with Crippen molar-refractivity contribution in [2.24, 2.45) is 5.41 Å². The van der Waals surface area contributed by atoms with Gasteiger partial charge in [-0.1, -0.05) is 24.6 Å². The monoisotopic (exact) mass is 504 g/mol. The third kappa shape index (κ3) is 4.70. The molecule has 0 saturated carbocycles. The maximum absolute atomic E-state index is 13.8. The van der Waals surface area contributed by atoms with Gasteiger partial charge in [-0.05, 0) is 68.4 Å². The molecule has 0 aliphatic carbocycles. The number of carbonyl (C=O) groups excluding carboxylic acids is 2. The van der Waals surface area contributed by atoms with Gasteiger partial charge in [0.1, 0.15) is 18.6 Å². The summed E-state index contributed by atoms with van der Waals surface area (Å²) in [5, 5.41) is 0. The lowest BCUT2D eigenvalue weighted by molar-refractivity contribution is -0.145. The molecule has 3 aliphatic heterocycles. The van der Waals surface area contributed by atoms with E-state index in [1.165, 1.54) is 5.56 Å². The van der Waals surface area contributed by atoms with Gasteiger partial charge in [-0.15, -0.1) is 0 Å². The van der Waals surface area contributed by atoms with E-state index in [0.717, 1.165) is 86.2 Å². The highest BCUT2D eigenvalue weighted by Gasteiger charge is 2.46. The Morgan fingerprint density at radius 3 is 2.38 bits per heavy atom. The Labute approximate surface area is 221 Å². The number of amides is 1. The summed E-state index contributed by atoms with van der Waals surface area (Å²) in [4.78, 5) is 34.3. The Kier molecular flexibility index (Phi) is 7.17. The van der Waals surface area contributed by atoms with Crippen LogP contribution in [0.25, 0.3) is 0 Å². The highest BCUT2D eigenvalue weighted by molar-refractivity contribution is 5.87. The van der Waals surface area contributed by atoms with Crippen molar-refractivity contribution in [3.8, 4) is 5.75 Å². The van der Waals surface area contributed by atoms with E-state index in [4.69, 9.17) is 4.74 Å². The van der Waals surface area contributed by atoms with Gasteiger partial charge in [0.2, 0.25) is 5.91 Å². The number of likely N-dealkylation sites (N-methyl/N-ethyl adjacent to an activating group) is 1. The standard InChI is InChI=1S/C30H40N4O3/c1-22-19-25-26(20-24(22)21-35)33(4)29(32(25)3)34-15-13-30(14-16-34)12-8-7-10-23-9-5-6-11-27(23)37-18-17-31(2)28(30)36/h5-6,9,11,19-21,29H,7-8,10,12-18H2,1-4H3. The van der Waals surface area contributed by atoms with E-state index < -0.39 is 0 Å². The van der Waals surface area contributed by atoms with Crippen molar-refractivity contribution in [1.29, 1.82) is 0 Å². The molecule has 1 amide bonds. The fourth-order valence-corrected chi connectivity index (χ4v) is 6.57. The zero-order chi connectivity index (χ0) is 26.2. The number of anilines is 2. The van der Waals surface area contributed by atoms with Gasteiger partial charge in [0.05, 0.1) is 23.3 Å². The summed E-state index contributed by atoms with van der Waals surface area (Å²) >= 11 is 0. The van der Waals surface area contributed by atoms with Crippen LogP contribution in [0.4, 0.5) is 11.4 Å². The van der Waals surface area contributed by atoms with Crippen LogP contribution >= 0.6 is 0 Å². The fourth-order valence-electron chi connectivity index (χ4n) is 6.57. The molecule has 1 fully saturated rings. The van der Waals surface area contributed by atoms with Crippen LogP contribution in [0, 0.1) is 12.3 Å². The van der Waals surface area contributed by atoms with E-state index in [1.807, 2.05) is 37.1 Å². The van der Waals surface area contributed by atoms with Crippen LogP contribution in [0.3, 0.4) is 0 Å². The SMILES string of the molecule is Cc1cc2c(cc1C=O)N(C)C(N1CCC3(CCCCc4ccccc4OCCN(C)C3=O)CC1)N2C. The van der Waals surface area contributed by atoms with Crippen LogP contribution in [0.1, 0.15) is 53.6 Å². The summed E-state index contributed by atoms with van der Waals surface area (Å²) in [6.07, 6.45) is 6.77. The smallest absolute Gasteiger partial charge is 0.228 e. The van der Waals surface area contributed by atoms with Gasteiger partial charge in [-0.2, -0.15) is 0 Å². The number of para-hydroxylation sites is 1. The number of rotatable bonds is 2. The number of hydrogen-bond donors (Lipinski definition) is 0. The summed E-state index contributed by atoms with van der Waals surface area (Å²) in [7, 11) is 6.16. The number of nitrogens with zero attached hydrogens (tertiary/aromatic N) is 4. The van der Waals surface area contributed by atoms with Crippen molar-refractivity contribution in [3.63, 3.8) is 0 Å². The maximum Gasteiger partial charge on any atom is 0.228 e. The van der Waals surface area contributed by atoms with Crippen molar-refractivity contribution < 1.29 is 14.3 Å². The lowest BCUT2D eigenvalue weighted by Gasteiger charge is -2.47. The summed E-state index contributed by atoms with van der Waals surface area (Å²) in [6.45, 7) is 4.84. The molecule has 5 rings (SSSR count). The molecular formula is C30H40N4O3. The number of piperidine rings is 1. The summed E-state index contributed by atoms with van der Waals surface area (Å²) in [5.41, 5.74) is 4.93. The van der Waals surface area contributed by atoms with Gasteiger partial charge >= 0.3 is 0 Å². The van der Waals surface area contributed by atoms with Gasteiger partial charge in [0, 0.05) is 39.8 Å². The molecule has 0 aromatic heterocycles. The Bertz CT molecular complexity index is 1160. The van der Waals surface area contributed by atoms with E-state index in [9.17, 15) is 9.59 Å². The molecule has 7 nitrogen and oxygen atoms in total. The molecule has 3 heterocycles. The highest BCUT2D eigenvalue weighted by atomic mass is 16.5. The summed E-state index contributed by atoms with van der Waals surface area (Å²) < 4.78 is 6.08. The van der Waals surface area contributed by atoms with E-state index in [1.54, 1.807) is 0 Å². The molecule has 0 radical (unpaired) electrons. The Balaban J connectivity index is 1.31. The van der Waals surface area contributed by atoms with Crippen molar-refractivity contribution in [3.05, 3.63) is 53.1 Å². The second-order valence-electron chi connectivity index (χ2n) is 11.1. The Morgan fingerprint density at radius 2 is 1.65 bits per heavy atom. The third-order valence-corrected chi connectivity index (χ3v) is 8.83. The molecule has 7 heteroatoms. The molecule has 1 atom stereocenters. The first-order valence-corrected chi connectivity index (χ1v) is 13.6. The van der Waals surface area contributed by atoms with Gasteiger partial charge < -0.3 is 19.4 Å². The van der Waals surface area contributed by atoms with E-state index in [-0.39, 0.29) is 17.6 Å². The Hall–Kier alpha value is -3.06. The molecule has 3 aliphatic rings. The largest absolute Gasteiger partial charge is 0.491 e. The van der Waals surface area contributed by atoms with Crippen LogP contribution in [0.5, 0.6) is 5.75 Å². The molecule has 1 spiro atoms. The second-order valence-corrected chi connectivity index (χ2v) is 11.1. The number of carbonyl (C=O) groups is 2. The number of aryl methyl sites for hydroxylation is 2. The molecule has 1 saturated heterocycles. The highest BCUT2D eigenvalue weighted by Crippen LogP contribution is 2.44. The topological polar surface area (TPSA) is 56.3 Å². The number of ether oxygens (including phenoxy) is 1. The quantitative estimate of drug-likeness (QED) is 0.568. The zero-order valence-corrected chi connectivity index (χ0v) is 22.7. The van der Waals surface area contributed by atoms with Gasteiger partial charge in [0.25, 0.3) is 0 Å². The molecule has 198 valence electrons. The fraction of sp³-hybridized carbons (Fsp3) is 0.533. The van der Waals surface area contributed by atoms with Crippen LogP contribution in [0.15, 0.2) is 36.4 Å². The minimum absolute atomic E-state index is 0.0811. The summed E-state index contributed by atoms with van der Waals surface area (Å²) in [5.74, 6) is 1.22. The lowest BCUT2D eigenvalue weighted by atomic mass is 9.73. The van der Waals surface area contributed by atoms with Crippen molar-refractivity contribution in [2.75, 3.05) is 57.2 Å². The number of fused-ring (bicyclic) bond motifs is 2. The predicted molar refractivity (Wildman–Crippen MR) is 148 cm³/mol. The minimum atomic E-state index is -0.312. The average Bonchev–Trinajstić information content (AvgIpc) is 3.14. The van der Waals surface area contributed by atoms with Crippen LogP contribution in [-0.4, -0.2) is 75.7 Å². The first-order chi connectivity index (χ1) is 17.8. The summed E-state index contributed by atoms with van der Waals surface area (Å²) in [6, 6.07) is 12.4. The number of likely N-dealkylation sites (tertiary alicyclic amines) is 1. The van der Waals surface area contributed by atoms with Crippen LogP contribution in [-0.2, 0) is 11.2 Å². The van der Waals surface area contributed by atoms with Crippen LogP contribution in [0.2, 0.25) is 0 Å². The minimum Gasteiger partial charge on any atom is -0.491 e. The molecule has 1 unspecified atom stereocenters. The predicted octanol–water partition coefficient (Wildman–Crippen LogP) is 4.32. The first kappa shape index (κ1) is 25.6. The molecular weight excluding hydrogens is 464 g/mol. The number of hydrogen-bond acceptors (Lipinski definition) is 6. The van der Waals surface area contributed by atoms with Gasteiger partial charge in [-0.25, -0.2) is 0 Å². The molecule has 2 aromatic carbocycles. The van der Waals surface area contributed by atoms with E-state index in [2.05, 4.69) is 47.0 Å². The molecule has 0 bridgehead atoms. The van der Waals surface area contributed by atoms with Crippen molar-refractivity contribution >= 4 is 23.6 Å². The molecule has 37 heavy (non-hydrogen) atoms. The number of aldehydes is 1. The number of benzene rings is 2. The van der Waals surface area contributed by atoms with E-state index >= 15 is 0 Å². The molecule has 2 aromatic rings. The average molecular weight is 505 g/mol. The maximum atomic E-state index is 13.8. The Morgan fingerprint density at radius 1 is 0.946 bits per heavy atom. The third-order valence-electron chi connectivity index (χ3n) is 8.83. The van der Waals surface area contributed by atoms with Crippen LogP contribution < -0.4 is 14.5 Å². The second kappa shape index (κ2) is 10.4. The normalized spacial score (nSPS) is 22.6. The van der Waals surface area contributed by atoms with Crippen molar-refractivity contribution in [2.45, 2.75) is 51.7 Å². The van der Waals surface area contributed by atoms with E-state index in [0.29, 0.717) is 13.2 Å². The van der Waals surface area contributed by atoms with Gasteiger partial charge in [-0.3, -0.25) is 14.5 Å². The van der Waals surface area contributed by atoms with Crippen molar-refractivity contribution in [1.82, 2.24) is 9.80 Å². The van der Waals surface area contributed by atoms with Gasteiger partial charge in [0.15, 0.2) is 6.29 Å². The molecule has 0 N–H and O–H groups in total. The lowest BCUT2D eigenvalue weighted by Crippen LogP contribution is -2.58. The first-order valence-electron chi connectivity index (χ1n) is 13.6.